The summed E-state index contributed by atoms with van der Waals surface area (Å²) < 4.78 is 5.99. The summed E-state index contributed by atoms with van der Waals surface area (Å²) >= 11 is 0. The van der Waals surface area contributed by atoms with Crippen LogP contribution >= 0.6 is 0 Å². The maximum absolute atomic E-state index is 5.99. The van der Waals surface area contributed by atoms with Gasteiger partial charge >= 0.3 is 0 Å². The Labute approximate surface area is 126 Å². The van der Waals surface area contributed by atoms with E-state index in [1.807, 2.05) is 18.2 Å². The van der Waals surface area contributed by atoms with Crippen molar-refractivity contribution >= 4 is 5.82 Å². The fraction of sp³-hybridized carbons (Fsp3) is 0.353. The Bertz CT molecular complexity index is 600. The number of nitrogens with one attached hydrogen (secondary N) is 1. The van der Waals surface area contributed by atoms with Gasteiger partial charge < -0.3 is 10.2 Å². The normalized spacial score (nSPS) is 11.3. The fourth-order valence-corrected chi connectivity index (χ4v) is 2.11. The minimum Gasteiger partial charge on any atom is -0.489 e. The second kappa shape index (κ2) is 6.14. The number of nitrogen functional groups attached to an aromatic ring is 1. The molecule has 1 aromatic heterocycles. The summed E-state index contributed by atoms with van der Waals surface area (Å²) in [6.45, 7) is 9.17. The number of rotatable bonds is 4. The van der Waals surface area contributed by atoms with Gasteiger partial charge in [-0.05, 0) is 30.0 Å². The lowest BCUT2D eigenvalue weighted by molar-refractivity contribution is 0.297. The summed E-state index contributed by atoms with van der Waals surface area (Å²) in [6.07, 6.45) is 1.76. The predicted octanol–water partition coefficient (Wildman–Crippen LogP) is 3.55. The molecule has 0 aliphatic rings. The van der Waals surface area contributed by atoms with Gasteiger partial charge in [0.25, 0.3) is 0 Å². The van der Waals surface area contributed by atoms with Gasteiger partial charge in [-0.15, -0.1) is 0 Å². The van der Waals surface area contributed by atoms with E-state index < -0.39 is 0 Å². The van der Waals surface area contributed by atoms with Crippen LogP contribution < -0.4 is 16.0 Å². The Morgan fingerprint density at radius 1 is 1.19 bits per heavy atom. The quantitative estimate of drug-likeness (QED) is 0.666. The first kappa shape index (κ1) is 15.3. The van der Waals surface area contributed by atoms with Gasteiger partial charge in [0.15, 0.2) is 0 Å². The number of nitrogens with two attached hydrogens (primary N) is 1. The molecule has 0 radical (unpaired) electrons. The molecule has 0 saturated carbocycles. The van der Waals surface area contributed by atoms with Crippen LogP contribution in [-0.4, -0.2) is 4.98 Å². The van der Waals surface area contributed by atoms with Crippen LogP contribution in [0.25, 0.3) is 0 Å². The summed E-state index contributed by atoms with van der Waals surface area (Å²) in [5.41, 5.74) is 6.03. The van der Waals surface area contributed by atoms with Crippen molar-refractivity contribution < 1.29 is 4.74 Å². The van der Waals surface area contributed by atoms with Crippen LogP contribution in [0.5, 0.6) is 5.75 Å². The number of ether oxygens (including phenoxy) is 1. The van der Waals surface area contributed by atoms with Crippen LogP contribution in [0.4, 0.5) is 5.82 Å². The molecule has 4 nitrogen and oxygen atoms in total. The summed E-state index contributed by atoms with van der Waals surface area (Å²) in [5.74, 6) is 6.87. The molecule has 4 heteroatoms. The minimum absolute atomic E-state index is 0.0485. The van der Waals surface area contributed by atoms with Crippen molar-refractivity contribution in [2.75, 3.05) is 5.43 Å². The molecule has 0 unspecified atom stereocenters. The second-order valence-corrected chi connectivity index (χ2v) is 6.23. The average molecular weight is 285 g/mol. The number of benzene rings is 1. The molecule has 112 valence electrons. The lowest BCUT2D eigenvalue weighted by atomic mass is 9.85. The van der Waals surface area contributed by atoms with Crippen LogP contribution in [0.3, 0.4) is 0 Å². The number of nitrogens with zero attached hydrogens (tertiary/aromatic N) is 1. The number of hydrazine groups is 1. The van der Waals surface area contributed by atoms with E-state index in [0.717, 1.165) is 11.3 Å². The van der Waals surface area contributed by atoms with E-state index in [0.29, 0.717) is 12.4 Å². The maximum Gasteiger partial charge on any atom is 0.139 e. The molecule has 0 aliphatic carbocycles. The highest BCUT2D eigenvalue weighted by molar-refractivity contribution is 5.41. The van der Waals surface area contributed by atoms with Crippen molar-refractivity contribution in [3.8, 4) is 5.75 Å². The standard InChI is InChI=1S/C17H23N3O/c1-12-5-7-15(14(9-12)17(2,3)4)21-11-13-6-8-16(20-18)19-10-13/h5-10H,11,18H2,1-4H3,(H,19,20). The van der Waals surface area contributed by atoms with Gasteiger partial charge in [-0.3, -0.25) is 0 Å². The Kier molecular flexibility index (Phi) is 4.48. The fourth-order valence-electron chi connectivity index (χ4n) is 2.11. The molecular formula is C17H23N3O. The summed E-state index contributed by atoms with van der Waals surface area (Å²) in [7, 11) is 0. The number of hydrogen-bond acceptors (Lipinski definition) is 4. The molecule has 1 heterocycles. The van der Waals surface area contributed by atoms with E-state index in [4.69, 9.17) is 10.6 Å². The highest BCUT2D eigenvalue weighted by Crippen LogP contribution is 2.32. The zero-order valence-corrected chi connectivity index (χ0v) is 13.1. The first-order valence-electron chi connectivity index (χ1n) is 7.05. The van der Waals surface area contributed by atoms with Gasteiger partial charge in [-0.1, -0.05) is 44.5 Å². The first-order valence-corrected chi connectivity index (χ1v) is 7.05. The van der Waals surface area contributed by atoms with Crippen LogP contribution in [0.1, 0.15) is 37.5 Å². The topological polar surface area (TPSA) is 60.2 Å². The molecule has 2 aromatic rings. The van der Waals surface area contributed by atoms with Gasteiger partial charge in [0, 0.05) is 11.8 Å². The molecule has 1 aromatic carbocycles. The van der Waals surface area contributed by atoms with E-state index in [9.17, 15) is 0 Å². The highest BCUT2D eigenvalue weighted by Gasteiger charge is 2.19. The van der Waals surface area contributed by atoms with Gasteiger partial charge in [-0.25, -0.2) is 10.8 Å². The Hall–Kier alpha value is -2.07. The Balaban J connectivity index is 2.15. The van der Waals surface area contributed by atoms with Gasteiger partial charge in [0.1, 0.15) is 18.2 Å². The SMILES string of the molecule is Cc1ccc(OCc2ccc(NN)nc2)c(C(C)(C)C)c1. The number of anilines is 1. The molecule has 0 atom stereocenters. The predicted molar refractivity (Wildman–Crippen MR) is 86.3 cm³/mol. The van der Waals surface area contributed by atoms with Crippen LogP contribution in [0.15, 0.2) is 36.5 Å². The molecular weight excluding hydrogens is 262 g/mol. The molecule has 0 saturated heterocycles. The molecule has 0 fully saturated rings. The van der Waals surface area contributed by atoms with Gasteiger partial charge in [0.2, 0.25) is 0 Å². The minimum atomic E-state index is 0.0485. The molecule has 3 N–H and O–H groups in total. The smallest absolute Gasteiger partial charge is 0.139 e. The van der Waals surface area contributed by atoms with E-state index in [1.165, 1.54) is 11.1 Å². The third kappa shape index (κ3) is 3.95. The van der Waals surface area contributed by atoms with E-state index >= 15 is 0 Å². The Morgan fingerprint density at radius 2 is 1.95 bits per heavy atom. The lowest BCUT2D eigenvalue weighted by Gasteiger charge is -2.23. The van der Waals surface area contributed by atoms with Crippen molar-refractivity contribution in [2.24, 2.45) is 5.84 Å². The molecule has 0 bridgehead atoms. The lowest BCUT2D eigenvalue weighted by Crippen LogP contribution is -2.14. The van der Waals surface area contributed by atoms with Gasteiger partial charge in [-0.2, -0.15) is 0 Å². The van der Waals surface area contributed by atoms with Crippen molar-refractivity contribution in [3.63, 3.8) is 0 Å². The second-order valence-electron chi connectivity index (χ2n) is 6.23. The highest BCUT2D eigenvalue weighted by atomic mass is 16.5. The number of aryl methyl sites for hydroxylation is 1. The van der Waals surface area contributed by atoms with Crippen molar-refractivity contribution in [1.29, 1.82) is 0 Å². The van der Waals surface area contributed by atoms with E-state index in [1.54, 1.807) is 6.20 Å². The summed E-state index contributed by atoms with van der Waals surface area (Å²) in [5, 5.41) is 0. The van der Waals surface area contributed by atoms with Crippen molar-refractivity contribution in [2.45, 2.75) is 39.7 Å². The third-order valence-corrected chi connectivity index (χ3v) is 3.31. The van der Waals surface area contributed by atoms with E-state index in [-0.39, 0.29) is 5.41 Å². The number of hydrogen-bond donors (Lipinski definition) is 2. The largest absolute Gasteiger partial charge is 0.489 e. The zero-order chi connectivity index (χ0) is 15.5. The maximum atomic E-state index is 5.99. The molecule has 0 spiro atoms. The number of aromatic nitrogens is 1. The number of pyridine rings is 1. The summed E-state index contributed by atoms with van der Waals surface area (Å²) in [4.78, 5) is 4.18. The molecule has 0 amide bonds. The first-order chi connectivity index (χ1) is 9.90. The van der Waals surface area contributed by atoms with Crippen LogP contribution in [0, 0.1) is 6.92 Å². The average Bonchev–Trinajstić information content (AvgIpc) is 2.45. The zero-order valence-electron chi connectivity index (χ0n) is 13.1. The molecule has 2 rings (SSSR count). The monoisotopic (exact) mass is 285 g/mol. The van der Waals surface area contributed by atoms with Crippen molar-refractivity contribution in [1.82, 2.24) is 4.98 Å². The van der Waals surface area contributed by atoms with Gasteiger partial charge in [0.05, 0.1) is 0 Å². The third-order valence-electron chi connectivity index (χ3n) is 3.31. The van der Waals surface area contributed by atoms with Crippen LogP contribution in [0.2, 0.25) is 0 Å². The van der Waals surface area contributed by atoms with Crippen molar-refractivity contribution in [3.05, 3.63) is 53.2 Å². The summed E-state index contributed by atoms with van der Waals surface area (Å²) in [6, 6.07) is 10.1. The molecule has 21 heavy (non-hydrogen) atoms. The van der Waals surface area contributed by atoms with E-state index in [2.05, 4.69) is 50.2 Å². The molecule has 0 aliphatic heterocycles. The van der Waals surface area contributed by atoms with Crippen LogP contribution in [-0.2, 0) is 12.0 Å². The Morgan fingerprint density at radius 3 is 2.52 bits per heavy atom.